The maximum atomic E-state index is 3.83. The van der Waals surface area contributed by atoms with Crippen LogP contribution in [0.5, 0.6) is 0 Å². The topological polar surface area (TPSA) is 38.7 Å². The van der Waals surface area contributed by atoms with Crippen molar-refractivity contribution in [1.29, 1.82) is 0 Å². The van der Waals surface area contributed by atoms with E-state index in [1.165, 1.54) is 18.0 Å². The van der Waals surface area contributed by atoms with E-state index < -0.39 is 0 Å². The number of thioether (sulfide) groups is 1. The average molecular weight is 189 g/mol. The summed E-state index contributed by atoms with van der Waals surface area (Å²) in [5, 5.41) is 7.35. The highest BCUT2D eigenvalue weighted by Gasteiger charge is 1.99. The van der Waals surface area contributed by atoms with E-state index in [4.69, 9.17) is 0 Å². The van der Waals surface area contributed by atoms with Crippen molar-refractivity contribution in [3.05, 3.63) is 0 Å². The molecule has 0 saturated carbocycles. The van der Waals surface area contributed by atoms with Crippen LogP contribution in [0.15, 0.2) is 4.34 Å². The summed E-state index contributed by atoms with van der Waals surface area (Å²) in [5.74, 6) is 1.89. The van der Waals surface area contributed by atoms with Crippen LogP contribution >= 0.6 is 23.3 Å². The van der Waals surface area contributed by atoms with E-state index in [0.29, 0.717) is 0 Å². The summed E-state index contributed by atoms with van der Waals surface area (Å²) in [6.45, 7) is 4.44. The Balaban J connectivity index is 2.14. The fourth-order valence-electron chi connectivity index (χ4n) is 0.563. The Bertz CT molecular complexity index is 186. The van der Waals surface area contributed by atoms with E-state index in [9.17, 15) is 0 Å². The molecule has 0 aliphatic carbocycles. The zero-order chi connectivity index (χ0) is 8.10. The summed E-state index contributed by atoms with van der Waals surface area (Å²) in [6.07, 6.45) is 1.23. The molecule has 0 amide bonds. The minimum atomic E-state index is 0.767. The second-order valence-corrected chi connectivity index (χ2v) is 4.73. The maximum Gasteiger partial charge on any atom is 0.194 e. The number of aromatic nitrogens is 3. The van der Waals surface area contributed by atoms with Crippen molar-refractivity contribution in [2.75, 3.05) is 5.75 Å². The third kappa shape index (κ3) is 3.67. The first-order valence-electron chi connectivity index (χ1n) is 3.57. The first-order valence-corrected chi connectivity index (χ1v) is 5.33. The SMILES string of the molecule is CC(C)CCSc1nnns1. The highest BCUT2D eigenvalue weighted by Crippen LogP contribution is 2.19. The van der Waals surface area contributed by atoms with Gasteiger partial charge >= 0.3 is 0 Å². The van der Waals surface area contributed by atoms with E-state index in [0.717, 1.165) is 16.0 Å². The van der Waals surface area contributed by atoms with E-state index >= 15 is 0 Å². The van der Waals surface area contributed by atoms with Gasteiger partial charge in [-0.05, 0) is 17.6 Å². The minimum Gasteiger partial charge on any atom is -0.110 e. The smallest absolute Gasteiger partial charge is 0.110 e. The molecule has 1 aromatic heterocycles. The van der Waals surface area contributed by atoms with Gasteiger partial charge in [-0.1, -0.05) is 30.1 Å². The molecule has 0 radical (unpaired) electrons. The molecule has 0 saturated heterocycles. The molecule has 0 unspecified atom stereocenters. The van der Waals surface area contributed by atoms with Gasteiger partial charge in [0.05, 0.1) is 0 Å². The zero-order valence-corrected chi connectivity index (χ0v) is 8.28. The highest BCUT2D eigenvalue weighted by molar-refractivity contribution is 8.00. The molecule has 0 spiro atoms. The summed E-state index contributed by atoms with van der Waals surface area (Å²) < 4.78 is 4.66. The third-order valence-electron chi connectivity index (χ3n) is 1.20. The fourth-order valence-corrected chi connectivity index (χ4v) is 2.20. The maximum absolute atomic E-state index is 3.83. The molecule has 1 rings (SSSR count). The molecule has 0 bridgehead atoms. The van der Waals surface area contributed by atoms with Crippen LogP contribution in [0.1, 0.15) is 20.3 Å². The molecule has 0 aliphatic rings. The van der Waals surface area contributed by atoms with Crippen LogP contribution in [0.25, 0.3) is 0 Å². The Kier molecular flexibility index (Phi) is 3.79. The number of hydrogen-bond acceptors (Lipinski definition) is 5. The van der Waals surface area contributed by atoms with Gasteiger partial charge < -0.3 is 0 Å². The van der Waals surface area contributed by atoms with Crippen LogP contribution < -0.4 is 0 Å². The van der Waals surface area contributed by atoms with E-state index in [2.05, 4.69) is 28.6 Å². The Labute approximate surface area is 74.8 Å². The Morgan fingerprint density at radius 1 is 1.55 bits per heavy atom. The molecule has 0 atom stereocenters. The zero-order valence-electron chi connectivity index (χ0n) is 6.65. The van der Waals surface area contributed by atoms with E-state index in [1.807, 2.05) is 0 Å². The standard InChI is InChI=1S/C6H11N3S2/c1-5(2)3-4-10-6-7-8-9-11-6/h5H,3-4H2,1-2H3. The molecule has 0 aromatic carbocycles. The lowest BCUT2D eigenvalue weighted by atomic mass is 10.2. The van der Waals surface area contributed by atoms with Gasteiger partial charge in [0.2, 0.25) is 0 Å². The first kappa shape index (κ1) is 8.93. The third-order valence-corrected chi connectivity index (χ3v) is 2.94. The summed E-state index contributed by atoms with van der Waals surface area (Å²) in [4.78, 5) is 0. The molecule has 3 nitrogen and oxygen atoms in total. The van der Waals surface area contributed by atoms with Crippen molar-refractivity contribution in [3.8, 4) is 0 Å². The van der Waals surface area contributed by atoms with Crippen molar-refractivity contribution in [2.45, 2.75) is 24.6 Å². The van der Waals surface area contributed by atoms with Crippen LogP contribution in [0.4, 0.5) is 0 Å². The van der Waals surface area contributed by atoms with Crippen LogP contribution in [0.2, 0.25) is 0 Å². The molecule has 1 heterocycles. The molecule has 11 heavy (non-hydrogen) atoms. The molecular formula is C6H11N3S2. The number of nitrogens with zero attached hydrogens (tertiary/aromatic N) is 3. The first-order chi connectivity index (χ1) is 5.29. The van der Waals surface area contributed by atoms with Gasteiger partial charge in [-0.15, -0.1) is 5.10 Å². The van der Waals surface area contributed by atoms with Gasteiger partial charge in [-0.25, -0.2) is 0 Å². The van der Waals surface area contributed by atoms with Crippen molar-refractivity contribution in [1.82, 2.24) is 14.8 Å². The van der Waals surface area contributed by atoms with Gasteiger partial charge in [-0.3, -0.25) is 0 Å². The molecule has 5 heteroatoms. The summed E-state index contributed by atoms with van der Waals surface area (Å²) in [7, 11) is 0. The molecule has 0 aliphatic heterocycles. The lowest BCUT2D eigenvalue weighted by Crippen LogP contribution is -1.88. The monoisotopic (exact) mass is 189 g/mol. The highest BCUT2D eigenvalue weighted by atomic mass is 32.2. The van der Waals surface area contributed by atoms with Gasteiger partial charge in [0.15, 0.2) is 4.34 Å². The van der Waals surface area contributed by atoms with Crippen molar-refractivity contribution >= 4 is 23.3 Å². The average Bonchev–Trinajstić information content (AvgIpc) is 2.39. The summed E-state index contributed by atoms with van der Waals surface area (Å²) in [5.41, 5.74) is 0. The van der Waals surface area contributed by atoms with Crippen LogP contribution in [-0.2, 0) is 0 Å². The van der Waals surface area contributed by atoms with E-state index in [1.54, 1.807) is 11.8 Å². The molecule has 62 valence electrons. The van der Waals surface area contributed by atoms with Crippen molar-refractivity contribution < 1.29 is 0 Å². The van der Waals surface area contributed by atoms with Crippen molar-refractivity contribution in [3.63, 3.8) is 0 Å². The second-order valence-electron chi connectivity index (χ2n) is 2.66. The van der Waals surface area contributed by atoms with E-state index in [-0.39, 0.29) is 0 Å². The van der Waals surface area contributed by atoms with Gasteiger partial charge in [-0.2, -0.15) is 0 Å². The molecule has 0 N–H and O–H groups in total. The lowest BCUT2D eigenvalue weighted by Gasteiger charge is -2.00. The normalized spacial score (nSPS) is 10.8. The fraction of sp³-hybridized carbons (Fsp3) is 0.833. The summed E-state index contributed by atoms with van der Waals surface area (Å²) >= 11 is 3.10. The molecule has 0 fully saturated rings. The van der Waals surface area contributed by atoms with Gasteiger partial charge in [0.1, 0.15) is 0 Å². The van der Waals surface area contributed by atoms with Gasteiger partial charge in [0.25, 0.3) is 0 Å². The van der Waals surface area contributed by atoms with Crippen molar-refractivity contribution in [2.24, 2.45) is 5.92 Å². The second kappa shape index (κ2) is 4.66. The lowest BCUT2D eigenvalue weighted by molar-refractivity contribution is 0.632. The van der Waals surface area contributed by atoms with Gasteiger partial charge in [0, 0.05) is 17.3 Å². The minimum absolute atomic E-state index is 0.767. The largest absolute Gasteiger partial charge is 0.194 e. The van der Waals surface area contributed by atoms with Crippen LogP contribution in [0, 0.1) is 5.92 Å². The Morgan fingerprint density at radius 3 is 2.91 bits per heavy atom. The predicted octanol–water partition coefficient (Wildman–Crippen LogP) is 2.07. The predicted molar refractivity (Wildman–Crippen MR) is 47.9 cm³/mol. The number of rotatable bonds is 4. The van der Waals surface area contributed by atoms with Crippen LogP contribution in [0.3, 0.4) is 0 Å². The number of hydrogen-bond donors (Lipinski definition) is 0. The Hall–Kier alpha value is -0.160. The molecular weight excluding hydrogens is 178 g/mol. The van der Waals surface area contributed by atoms with Crippen LogP contribution in [-0.4, -0.2) is 20.6 Å². The summed E-state index contributed by atoms with van der Waals surface area (Å²) in [6, 6.07) is 0. The quantitative estimate of drug-likeness (QED) is 0.680. The Morgan fingerprint density at radius 2 is 2.36 bits per heavy atom. The molecule has 1 aromatic rings.